The zero-order chi connectivity index (χ0) is 24.2. The molecule has 0 aliphatic carbocycles. The average molecular weight is 499 g/mol. The lowest BCUT2D eigenvalue weighted by Gasteiger charge is -2.11. The van der Waals surface area contributed by atoms with Crippen LogP contribution >= 0.6 is 23.8 Å². The highest BCUT2D eigenvalue weighted by molar-refractivity contribution is 7.71. The van der Waals surface area contributed by atoms with Crippen LogP contribution in [0.4, 0.5) is 10.1 Å². The van der Waals surface area contributed by atoms with Crippen molar-refractivity contribution in [3.05, 3.63) is 92.3 Å². The standard InChI is InChI=1S/C23H16ClFN4O4S/c1-32-15-3-2-4-16(10-15)33-20-8-5-13(11-27-20)26-12-17-21(30)28-23(34)29(22(17)31)14-6-7-19(25)18(24)9-14/h2-12,31H,1H3,(H,28,30,34). The van der Waals surface area contributed by atoms with Crippen molar-refractivity contribution in [2.24, 2.45) is 4.99 Å². The van der Waals surface area contributed by atoms with Crippen LogP contribution in [0, 0.1) is 10.6 Å². The first kappa shape index (κ1) is 23.1. The SMILES string of the molecule is COc1cccc(Oc2ccc(N=Cc3c(O)n(-c4ccc(F)c(Cl)c4)c(=S)[nH]c3=O)cn2)c1. The summed E-state index contributed by atoms with van der Waals surface area (Å²) in [7, 11) is 1.56. The van der Waals surface area contributed by atoms with E-state index in [0.717, 1.165) is 10.6 Å². The average Bonchev–Trinajstić information content (AvgIpc) is 2.82. The maximum atomic E-state index is 13.5. The number of aliphatic imine (C=N–C) groups is 1. The van der Waals surface area contributed by atoms with Gasteiger partial charge >= 0.3 is 0 Å². The molecule has 2 N–H and O–H groups in total. The number of hydrogen-bond acceptors (Lipinski definition) is 7. The zero-order valence-electron chi connectivity index (χ0n) is 17.5. The van der Waals surface area contributed by atoms with Crippen molar-refractivity contribution in [3.63, 3.8) is 0 Å². The Morgan fingerprint density at radius 2 is 2.00 bits per heavy atom. The normalized spacial score (nSPS) is 11.0. The molecule has 172 valence electrons. The number of halogens is 2. The van der Waals surface area contributed by atoms with Gasteiger partial charge in [0.1, 0.15) is 22.9 Å². The maximum absolute atomic E-state index is 13.5. The summed E-state index contributed by atoms with van der Waals surface area (Å²) in [6.07, 6.45) is 2.61. The third-order valence-electron chi connectivity index (χ3n) is 4.61. The molecule has 0 amide bonds. The molecule has 0 unspecified atom stereocenters. The second-order valence-corrected chi connectivity index (χ2v) is 7.62. The van der Waals surface area contributed by atoms with Gasteiger partial charge in [-0.05, 0) is 48.6 Å². The molecule has 0 atom stereocenters. The van der Waals surface area contributed by atoms with Crippen LogP contribution in [0.25, 0.3) is 5.69 Å². The van der Waals surface area contributed by atoms with E-state index in [1.54, 1.807) is 43.5 Å². The minimum atomic E-state index is -0.651. The fourth-order valence-electron chi connectivity index (χ4n) is 2.95. The molecule has 0 saturated carbocycles. The molecular formula is C23H16ClFN4O4S. The lowest BCUT2D eigenvalue weighted by Crippen LogP contribution is -2.18. The number of aromatic hydroxyl groups is 1. The summed E-state index contributed by atoms with van der Waals surface area (Å²) >= 11 is 11.0. The number of nitrogens with zero attached hydrogens (tertiary/aromatic N) is 3. The number of aromatic amines is 1. The first-order valence-electron chi connectivity index (χ1n) is 9.71. The van der Waals surface area contributed by atoms with E-state index in [-0.39, 0.29) is 21.0 Å². The van der Waals surface area contributed by atoms with E-state index in [9.17, 15) is 14.3 Å². The van der Waals surface area contributed by atoms with Gasteiger partial charge in [0.15, 0.2) is 4.77 Å². The molecule has 11 heteroatoms. The zero-order valence-corrected chi connectivity index (χ0v) is 19.1. The van der Waals surface area contributed by atoms with E-state index in [1.165, 1.54) is 24.5 Å². The Bertz CT molecular complexity index is 1500. The highest BCUT2D eigenvalue weighted by Gasteiger charge is 2.14. The molecule has 0 spiro atoms. The molecule has 0 aliphatic heterocycles. The molecule has 0 radical (unpaired) electrons. The summed E-state index contributed by atoms with van der Waals surface area (Å²) in [6.45, 7) is 0. The molecule has 8 nitrogen and oxygen atoms in total. The van der Waals surface area contributed by atoms with Crippen molar-refractivity contribution in [2.45, 2.75) is 0 Å². The molecule has 0 fully saturated rings. The first-order chi connectivity index (χ1) is 16.4. The molecular weight excluding hydrogens is 483 g/mol. The van der Waals surface area contributed by atoms with E-state index in [0.29, 0.717) is 23.1 Å². The summed E-state index contributed by atoms with van der Waals surface area (Å²) < 4.78 is 25.4. The minimum absolute atomic E-state index is 0.0944. The molecule has 34 heavy (non-hydrogen) atoms. The maximum Gasteiger partial charge on any atom is 0.264 e. The van der Waals surface area contributed by atoms with E-state index in [1.807, 2.05) is 0 Å². The monoisotopic (exact) mass is 498 g/mol. The highest BCUT2D eigenvalue weighted by Crippen LogP contribution is 2.26. The Morgan fingerprint density at radius 1 is 1.21 bits per heavy atom. The number of H-pyrrole nitrogens is 1. The predicted octanol–water partition coefficient (Wildman–Crippen LogP) is 5.34. The Kier molecular flexibility index (Phi) is 6.71. The van der Waals surface area contributed by atoms with E-state index < -0.39 is 17.3 Å². The van der Waals surface area contributed by atoms with Crippen LogP contribution in [-0.4, -0.2) is 33.0 Å². The molecule has 4 rings (SSSR count). The van der Waals surface area contributed by atoms with Crippen LogP contribution in [0.2, 0.25) is 5.02 Å². The smallest absolute Gasteiger partial charge is 0.264 e. The van der Waals surface area contributed by atoms with Crippen LogP contribution in [0.3, 0.4) is 0 Å². The molecule has 2 aromatic heterocycles. The molecule has 0 saturated heterocycles. The first-order valence-corrected chi connectivity index (χ1v) is 10.5. The largest absolute Gasteiger partial charge is 0.497 e. The van der Waals surface area contributed by atoms with Gasteiger partial charge in [0.05, 0.1) is 29.7 Å². The van der Waals surface area contributed by atoms with Gasteiger partial charge in [0.25, 0.3) is 5.56 Å². The van der Waals surface area contributed by atoms with E-state index >= 15 is 0 Å². The Hall–Kier alpha value is -4.02. The summed E-state index contributed by atoms with van der Waals surface area (Å²) in [5.41, 5.74) is -0.150. The van der Waals surface area contributed by atoms with Gasteiger partial charge in [-0.2, -0.15) is 0 Å². The van der Waals surface area contributed by atoms with E-state index in [2.05, 4.69) is 15.0 Å². The number of aromatic nitrogens is 3. The van der Waals surface area contributed by atoms with Crippen LogP contribution in [0.5, 0.6) is 23.3 Å². The van der Waals surface area contributed by atoms with Gasteiger partial charge in [-0.1, -0.05) is 17.7 Å². The number of benzene rings is 2. The van der Waals surface area contributed by atoms with Crippen molar-refractivity contribution in [1.29, 1.82) is 0 Å². The fraction of sp³-hybridized carbons (Fsp3) is 0.0435. The summed E-state index contributed by atoms with van der Waals surface area (Å²) in [5.74, 6) is 0.414. The number of ether oxygens (including phenoxy) is 2. The second kappa shape index (κ2) is 9.86. The van der Waals surface area contributed by atoms with Gasteiger partial charge in [0.2, 0.25) is 11.8 Å². The number of rotatable bonds is 6. The number of methoxy groups -OCH3 is 1. The quantitative estimate of drug-likeness (QED) is 0.275. The molecule has 2 heterocycles. The Labute approximate surface area is 202 Å². The number of nitrogens with one attached hydrogen (secondary N) is 1. The molecule has 0 bridgehead atoms. The summed E-state index contributed by atoms with van der Waals surface area (Å²) in [5, 5.41) is 10.5. The topological polar surface area (TPSA) is 102 Å². The minimum Gasteiger partial charge on any atom is -0.497 e. The molecule has 4 aromatic rings. The van der Waals surface area contributed by atoms with Crippen molar-refractivity contribution in [3.8, 4) is 28.9 Å². The van der Waals surface area contributed by atoms with Crippen LogP contribution in [-0.2, 0) is 0 Å². The van der Waals surface area contributed by atoms with Gasteiger partial charge < -0.3 is 14.6 Å². The van der Waals surface area contributed by atoms with Crippen LogP contribution < -0.4 is 15.0 Å². The lowest BCUT2D eigenvalue weighted by molar-refractivity contribution is 0.407. The molecule has 2 aromatic carbocycles. The lowest BCUT2D eigenvalue weighted by atomic mass is 10.2. The fourth-order valence-corrected chi connectivity index (χ4v) is 3.41. The van der Waals surface area contributed by atoms with Crippen molar-refractivity contribution >= 4 is 35.7 Å². The third-order valence-corrected chi connectivity index (χ3v) is 5.18. The summed E-state index contributed by atoms with van der Waals surface area (Å²) in [4.78, 5) is 23.2. The third kappa shape index (κ3) is 4.98. The number of hydrogen-bond donors (Lipinski definition) is 2. The van der Waals surface area contributed by atoms with E-state index in [4.69, 9.17) is 33.3 Å². The van der Waals surface area contributed by atoms with Crippen LogP contribution in [0.15, 0.2) is 70.6 Å². The second-order valence-electron chi connectivity index (χ2n) is 6.82. The summed E-state index contributed by atoms with van der Waals surface area (Å²) in [6, 6.07) is 14.0. The van der Waals surface area contributed by atoms with Crippen molar-refractivity contribution in [1.82, 2.24) is 14.5 Å². The van der Waals surface area contributed by atoms with Gasteiger partial charge in [-0.25, -0.2) is 9.37 Å². The highest BCUT2D eigenvalue weighted by atomic mass is 35.5. The molecule has 0 aliphatic rings. The van der Waals surface area contributed by atoms with Crippen molar-refractivity contribution in [2.75, 3.05) is 7.11 Å². The Balaban J connectivity index is 1.60. The number of pyridine rings is 1. The van der Waals surface area contributed by atoms with Gasteiger partial charge in [0, 0.05) is 18.3 Å². The van der Waals surface area contributed by atoms with Crippen molar-refractivity contribution < 1.29 is 19.0 Å². The predicted molar refractivity (Wildman–Crippen MR) is 128 cm³/mol. The van der Waals surface area contributed by atoms with Gasteiger partial charge in [-0.3, -0.25) is 19.3 Å². The Morgan fingerprint density at radius 3 is 2.71 bits per heavy atom. The van der Waals surface area contributed by atoms with Gasteiger partial charge in [-0.15, -0.1) is 0 Å². The van der Waals surface area contributed by atoms with Crippen LogP contribution in [0.1, 0.15) is 5.56 Å².